The van der Waals surface area contributed by atoms with Gasteiger partial charge in [0.25, 0.3) is 0 Å². The molecule has 3 N–H and O–H groups in total. The Labute approximate surface area is 112 Å². The van der Waals surface area contributed by atoms with Crippen LogP contribution in [-0.4, -0.2) is 48.7 Å². The fraction of sp³-hybridized carbons (Fsp3) is 0.833. The van der Waals surface area contributed by atoms with E-state index in [2.05, 4.69) is 10.6 Å². The molecule has 2 heterocycles. The second kappa shape index (κ2) is 3.94. The molecule has 0 bridgehead atoms. The Morgan fingerprint density at radius 1 is 1.20 bits per heavy atom. The molecule has 0 aromatic rings. The molecule has 112 valence electrons. The minimum atomic E-state index is -4.55. The van der Waals surface area contributed by atoms with Gasteiger partial charge in [-0.15, -0.1) is 0 Å². The third-order valence-electron chi connectivity index (χ3n) is 5.03. The molecule has 1 spiro atoms. The summed E-state index contributed by atoms with van der Waals surface area (Å²) in [5.41, 5.74) is -3.16. The number of Topliss-reactive ketones (excluding diaryl/α,β-unsaturated/α-hetero) is 1. The molecular formula is C12H15F3N2O3. The molecule has 1 aliphatic carbocycles. The van der Waals surface area contributed by atoms with Crippen molar-refractivity contribution in [2.24, 2.45) is 16.7 Å². The topological polar surface area (TPSA) is 78.4 Å². The molecule has 0 amide bonds. The molecular weight excluding hydrogens is 277 g/mol. The number of hydrogen-bond donors (Lipinski definition) is 3. The maximum absolute atomic E-state index is 13.0. The number of carboxylic acid groups (broad SMARTS) is 1. The maximum atomic E-state index is 13.0. The van der Waals surface area contributed by atoms with Crippen LogP contribution < -0.4 is 10.6 Å². The van der Waals surface area contributed by atoms with Crippen LogP contribution in [-0.2, 0) is 9.59 Å². The van der Waals surface area contributed by atoms with Crippen molar-refractivity contribution in [3.63, 3.8) is 0 Å². The number of ketones is 1. The Bertz CT molecular complexity index is 475. The van der Waals surface area contributed by atoms with Gasteiger partial charge in [-0.1, -0.05) is 0 Å². The van der Waals surface area contributed by atoms with Gasteiger partial charge in [-0.2, -0.15) is 13.2 Å². The SMILES string of the molecule is O=C(O)C1CNCC12CNC2C(=O)C1(C(F)(F)F)CC1. The Hall–Kier alpha value is -1.15. The normalized spacial score (nSPS) is 38.5. The van der Waals surface area contributed by atoms with Crippen LogP contribution in [0.2, 0.25) is 0 Å². The second-order valence-corrected chi connectivity index (χ2v) is 6.01. The molecule has 8 heteroatoms. The summed E-state index contributed by atoms with van der Waals surface area (Å²) in [5, 5.41) is 14.8. The van der Waals surface area contributed by atoms with Crippen molar-refractivity contribution >= 4 is 11.8 Å². The summed E-state index contributed by atoms with van der Waals surface area (Å²) in [5.74, 6) is -2.76. The van der Waals surface area contributed by atoms with Crippen LogP contribution in [0.5, 0.6) is 0 Å². The summed E-state index contributed by atoms with van der Waals surface area (Å²) in [6.45, 7) is 0.725. The zero-order valence-corrected chi connectivity index (χ0v) is 10.6. The number of alkyl halides is 3. The van der Waals surface area contributed by atoms with E-state index in [4.69, 9.17) is 0 Å². The lowest BCUT2D eigenvalue weighted by Crippen LogP contribution is -2.71. The Balaban J connectivity index is 1.86. The Kier molecular flexibility index (Phi) is 2.72. The number of aliphatic carboxylic acids is 1. The van der Waals surface area contributed by atoms with E-state index in [1.807, 2.05) is 0 Å². The van der Waals surface area contributed by atoms with Gasteiger partial charge in [0, 0.05) is 25.0 Å². The van der Waals surface area contributed by atoms with Crippen LogP contribution in [0.4, 0.5) is 13.2 Å². The van der Waals surface area contributed by atoms with E-state index in [1.165, 1.54) is 0 Å². The Morgan fingerprint density at radius 2 is 1.85 bits per heavy atom. The summed E-state index contributed by atoms with van der Waals surface area (Å²) < 4.78 is 39.1. The first-order chi connectivity index (χ1) is 9.25. The first-order valence-corrected chi connectivity index (χ1v) is 6.53. The number of hydrogen-bond acceptors (Lipinski definition) is 4. The van der Waals surface area contributed by atoms with Crippen molar-refractivity contribution < 1.29 is 27.9 Å². The zero-order chi connectivity index (χ0) is 14.8. The standard InChI is InChI=1S/C12H15F3N2O3/c13-12(14,15)11(1-2-11)8(18)7-10(5-17-7)4-16-3-6(10)9(19)20/h6-7,16-17H,1-5H2,(H,19,20). The van der Waals surface area contributed by atoms with E-state index in [0.29, 0.717) is 0 Å². The summed E-state index contributed by atoms with van der Waals surface area (Å²) >= 11 is 0. The first kappa shape index (κ1) is 13.8. The van der Waals surface area contributed by atoms with Crippen molar-refractivity contribution in [3.8, 4) is 0 Å². The van der Waals surface area contributed by atoms with E-state index in [9.17, 15) is 27.9 Å². The highest BCUT2D eigenvalue weighted by Gasteiger charge is 2.73. The van der Waals surface area contributed by atoms with E-state index in [1.54, 1.807) is 0 Å². The van der Waals surface area contributed by atoms with Crippen LogP contribution in [0.3, 0.4) is 0 Å². The van der Waals surface area contributed by atoms with Crippen LogP contribution in [0, 0.1) is 16.7 Å². The largest absolute Gasteiger partial charge is 0.481 e. The quantitative estimate of drug-likeness (QED) is 0.690. The predicted molar refractivity (Wildman–Crippen MR) is 60.9 cm³/mol. The number of nitrogens with one attached hydrogen (secondary N) is 2. The number of carboxylic acids is 1. The summed E-state index contributed by atoms with van der Waals surface area (Å²) in [7, 11) is 0. The third-order valence-corrected chi connectivity index (χ3v) is 5.03. The highest BCUT2D eigenvalue weighted by Crippen LogP contribution is 2.60. The minimum Gasteiger partial charge on any atom is -0.481 e. The van der Waals surface area contributed by atoms with Crippen molar-refractivity contribution in [2.75, 3.05) is 19.6 Å². The molecule has 1 saturated carbocycles. The average Bonchev–Trinajstić information content (AvgIpc) is 2.99. The van der Waals surface area contributed by atoms with Crippen LogP contribution in [0.25, 0.3) is 0 Å². The fourth-order valence-electron chi connectivity index (χ4n) is 3.49. The molecule has 0 aromatic heterocycles. The van der Waals surface area contributed by atoms with Gasteiger partial charge in [0.1, 0.15) is 5.41 Å². The van der Waals surface area contributed by atoms with Crippen molar-refractivity contribution in [3.05, 3.63) is 0 Å². The lowest BCUT2D eigenvalue weighted by atomic mass is 9.63. The summed E-state index contributed by atoms with van der Waals surface area (Å²) in [6, 6.07) is -1.01. The molecule has 3 fully saturated rings. The van der Waals surface area contributed by atoms with Crippen molar-refractivity contribution in [1.82, 2.24) is 10.6 Å². The van der Waals surface area contributed by atoms with E-state index in [0.717, 1.165) is 0 Å². The van der Waals surface area contributed by atoms with Gasteiger partial charge >= 0.3 is 12.1 Å². The number of carbonyl (C=O) groups is 2. The monoisotopic (exact) mass is 292 g/mol. The second-order valence-electron chi connectivity index (χ2n) is 6.01. The van der Waals surface area contributed by atoms with Gasteiger partial charge < -0.3 is 15.7 Å². The molecule has 3 aliphatic rings. The molecule has 3 unspecified atom stereocenters. The summed E-state index contributed by atoms with van der Waals surface area (Å²) in [4.78, 5) is 23.5. The van der Waals surface area contributed by atoms with Crippen molar-refractivity contribution in [2.45, 2.75) is 25.1 Å². The number of rotatable bonds is 3. The predicted octanol–water partition coefficient (Wildman–Crippen LogP) is 0.160. The molecule has 0 radical (unpaired) electrons. The smallest absolute Gasteiger partial charge is 0.401 e. The molecule has 0 aromatic carbocycles. The average molecular weight is 292 g/mol. The number of halogens is 3. The van der Waals surface area contributed by atoms with Gasteiger partial charge in [-0.05, 0) is 12.8 Å². The zero-order valence-electron chi connectivity index (χ0n) is 10.6. The first-order valence-electron chi connectivity index (χ1n) is 6.53. The highest BCUT2D eigenvalue weighted by atomic mass is 19.4. The molecule has 3 atom stereocenters. The van der Waals surface area contributed by atoms with Crippen LogP contribution in [0.15, 0.2) is 0 Å². The Morgan fingerprint density at radius 3 is 2.25 bits per heavy atom. The summed E-state index contributed by atoms with van der Waals surface area (Å²) in [6.07, 6.45) is -4.92. The maximum Gasteiger partial charge on any atom is 0.401 e. The van der Waals surface area contributed by atoms with Crippen LogP contribution in [0.1, 0.15) is 12.8 Å². The van der Waals surface area contributed by atoms with Gasteiger partial charge in [0.05, 0.1) is 12.0 Å². The van der Waals surface area contributed by atoms with Crippen LogP contribution >= 0.6 is 0 Å². The molecule has 2 aliphatic heterocycles. The highest BCUT2D eigenvalue weighted by molar-refractivity contribution is 5.95. The van der Waals surface area contributed by atoms with E-state index >= 15 is 0 Å². The molecule has 2 saturated heterocycles. The molecule has 5 nitrogen and oxygen atoms in total. The van der Waals surface area contributed by atoms with Gasteiger partial charge in [-0.3, -0.25) is 9.59 Å². The minimum absolute atomic E-state index is 0.186. The lowest BCUT2D eigenvalue weighted by Gasteiger charge is -2.50. The van der Waals surface area contributed by atoms with E-state index < -0.39 is 40.7 Å². The molecule has 20 heavy (non-hydrogen) atoms. The number of carbonyl (C=O) groups excluding carboxylic acids is 1. The van der Waals surface area contributed by atoms with Gasteiger partial charge in [-0.25, -0.2) is 0 Å². The lowest BCUT2D eigenvalue weighted by molar-refractivity contribution is -0.196. The van der Waals surface area contributed by atoms with Gasteiger partial charge in [0.15, 0.2) is 5.78 Å². The third kappa shape index (κ3) is 1.57. The van der Waals surface area contributed by atoms with E-state index in [-0.39, 0.29) is 32.5 Å². The fourth-order valence-corrected chi connectivity index (χ4v) is 3.49. The van der Waals surface area contributed by atoms with Gasteiger partial charge in [0.2, 0.25) is 0 Å². The van der Waals surface area contributed by atoms with Crippen molar-refractivity contribution in [1.29, 1.82) is 0 Å². The molecule has 3 rings (SSSR count).